The first-order valence-corrected chi connectivity index (χ1v) is 8.93. The second-order valence-corrected chi connectivity index (χ2v) is 6.49. The Hall–Kier alpha value is -1.66. The van der Waals surface area contributed by atoms with Crippen LogP contribution in [-0.4, -0.2) is 41.6 Å². The van der Waals surface area contributed by atoms with Crippen molar-refractivity contribution in [3.05, 3.63) is 35.5 Å². The first kappa shape index (κ1) is 17.7. The predicted octanol–water partition coefficient (Wildman–Crippen LogP) is 2.71. The molecule has 0 bridgehead atoms. The molecule has 0 aliphatic heterocycles. The zero-order chi connectivity index (χ0) is 16.8. The third kappa shape index (κ3) is 4.65. The van der Waals surface area contributed by atoms with Crippen LogP contribution in [0.5, 0.6) is 0 Å². The van der Waals surface area contributed by atoms with Crippen molar-refractivity contribution in [2.24, 2.45) is 0 Å². The van der Waals surface area contributed by atoms with Gasteiger partial charge in [-0.2, -0.15) is 11.8 Å². The van der Waals surface area contributed by atoms with Crippen LogP contribution in [-0.2, 0) is 20.9 Å². The number of fused-ring (bicyclic) bond motifs is 1. The molecule has 0 saturated heterocycles. The zero-order valence-electron chi connectivity index (χ0n) is 13.0. The number of nitrogens with one attached hydrogen (secondary N) is 1. The summed E-state index contributed by atoms with van der Waals surface area (Å²) in [4.78, 5) is 24.0. The Morgan fingerprint density at radius 2 is 2.17 bits per heavy atom. The number of rotatable bonds is 7. The molecular weight excluding hydrogens is 336 g/mol. The summed E-state index contributed by atoms with van der Waals surface area (Å²) in [6, 6.07) is 6.79. The Morgan fingerprint density at radius 1 is 1.39 bits per heavy atom. The zero-order valence-corrected chi connectivity index (χ0v) is 14.6. The number of benzene rings is 1. The van der Waals surface area contributed by atoms with Crippen LogP contribution in [0.2, 0.25) is 5.02 Å². The highest BCUT2D eigenvalue weighted by molar-refractivity contribution is 7.98. The monoisotopic (exact) mass is 354 g/mol. The van der Waals surface area contributed by atoms with Crippen molar-refractivity contribution < 1.29 is 14.3 Å². The molecule has 2 rings (SSSR count). The maximum atomic E-state index is 12.2. The van der Waals surface area contributed by atoms with E-state index in [0.717, 1.165) is 16.7 Å². The molecule has 0 radical (unpaired) electrons. The minimum Gasteiger partial charge on any atom is -0.467 e. The quantitative estimate of drug-likeness (QED) is 0.777. The number of esters is 1. The van der Waals surface area contributed by atoms with Gasteiger partial charge in [0.05, 0.1) is 7.11 Å². The van der Waals surface area contributed by atoms with E-state index in [-0.39, 0.29) is 12.5 Å². The van der Waals surface area contributed by atoms with Crippen LogP contribution in [0, 0.1) is 0 Å². The number of nitrogens with zero attached hydrogens (tertiary/aromatic N) is 1. The van der Waals surface area contributed by atoms with E-state index in [0.29, 0.717) is 11.4 Å². The molecule has 124 valence electrons. The van der Waals surface area contributed by atoms with E-state index in [9.17, 15) is 9.59 Å². The van der Waals surface area contributed by atoms with Gasteiger partial charge in [0.15, 0.2) is 0 Å². The van der Waals surface area contributed by atoms with Crippen molar-refractivity contribution in [2.45, 2.75) is 19.0 Å². The Morgan fingerprint density at radius 3 is 2.87 bits per heavy atom. The molecule has 1 amide bonds. The first-order chi connectivity index (χ1) is 11.0. The minimum absolute atomic E-state index is 0.137. The van der Waals surface area contributed by atoms with Crippen molar-refractivity contribution in [3.63, 3.8) is 0 Å². The molecule has 1 unspecified atom stereocenters. The van der Waals surface area contributed by atoms with Gasteiger partial charge < -0.3 is 14.6 Å². The lowest BCUT2D eigenvalue weighted by atomic mass is 10.2. The van der Waals surface area contributed by atoms with Crippen LogP contribution in [0.3, 0.4) is 0 Å². The predicted molar refractivity (Wildman–Crippen MR) is 93.9 cm³/mol. The molecule has 2 aromatic rings. The Kier molecular flexibility index (Phi) is 6.36. The lowest BCUT2D eigenvalue weighted by molar-refractivity contribution is -0.145. The number of thioether (sulfide) groups is 1. The average molecular weight is 355 g/mol. The average Bonchev–Trinajstić information content (AvgIpc) is 2.92. The van der Waals surface area contributed by atoms with Gasteiger partial charge in [-0.25, -0.2) is 4.79 Å². The minimum atomic E-state index is -0.615. The number of ether oxygens (including phenoxy) is 1. The van der Waals surface area contributed by atoms with E-state index in [1.807, 2.05) is 35.2 Å². The molecule has 0 aliphatic rings. The lowest BCUT2D eigenvalue weighted by Gasteiger charge is -2.16. The van der Waals surface area contributed by atoms with Gasteiger partial charge in [0.1, 0.15) is 12.6 Å². The Balaban J connectivity index is 2.05. The highest BCUT2D eigenvalue weighted by Crippen LogP contribution is 2.20. The van der Waals surface area contributed by atoms with Gasteiger partial charge in [-0.15, -0.1) is 0 Å². The maximum absolute atomic E-state index is 12.2. The van der Waals surface area contributed by atoms with Gasteiger partial charge >= 0.3 is 5.97 Å². The molecule has 1 heterocycles. The van der Waals surface area contributed by atoms with E-state index < -0.39 is 12.0 Å². The normalized spacial score (nSPS) is 12.1. The van der Waals surface area contributed by atoms with Crippen LogP contribution >= 0.6 is 23.4 Å². The topological polar surface area (TPSA) is 60.3 Å². The fraction of sp³-hybridized carbons (Fsp3) is 0.375. The number of amides is 1. The fourth-order valence-electron chi connectivity index (χ4n) is 2.33. The van der Waals surface area contributed by atoms with Gasteiger partial charge in [0, 0.05) is 22.1 Å². The maximum Gasteiger partial charge on any atom is 0.328 e. The second kappa shape index (κ2) is 8.26. The van der Waals surface area contributed by atoms with Crippen LogP contribution < -0.4 is 5.32 Å². The van der Waals surface area contributed by atoms with Gasteiger partial charge in [-0.1, -0.05) is 11.6 Å². The van der Waals surface area contributed by atoms with E-state index in [1.54, 1.807) is 17.8 Å². The van der Waals surface area contributed by atoms with Gasteiger partial charge in [0.25, 0.3) is 0 Å². The van der Waals surface area contributed by atoms with Crippen molar-refractivity contribution in [2.75, 3.05) is 19.1 Å². The summed E-state index contributed by atoms with van der Waals surface area (Å²) in [5.74, 6) is 0.121. The molecule has 1 atom stereocenters. The molecule has 7 heteroatoms. The molecule has 1 aromatic heterocycles. The van der Waals surface area contributed by atoms with E-state index in [4.69, 9.17) is 16.3 Å². The fourth-order valence-corrected chi connectivity index (χ4v) is 2.98. The highest BCUT2D eigenvalue weighted by atomic mass is 35.5. The molecule has 1 N–H and O–H groups in total. The van der Waals surface area contributed by atoms with Crippen molar-refractivity contribution in [1.29, 1.82) is 0 Å². The molecule has 0 spiro atoms. The number of hydrogen-bond donors (Lipinski definition) is 1. The first-order valence-electron chi connectivity index (χ1n) is 7.15. The van der Waals surface area contributed by atoms with Gasteiger partial charge in [-0.3, -0.25) is 4.79 Å². The van der Waals surface area contributed by atoms with E-state index in [1.165, 1.54) is 7.11 Å². The molecular formula is C16H19ClN2O3S. The number of halogens is 1. The molecule has 23 heavy (non-hydrogen) atoms. The van der Waals surface area contributed by atoms with Crippen molar-refractivity contribution >= 4 is 46.1 Å². The smallest absolute Gasteiger partial charge is 0.328 e. The number of aromatic nitrogens is 1. The number of methoxy groups -OCH3 is 1. The van der Waals surface area contributed by atoms with Gasteiger partial charge in [0.2, 0.25) is 5.91 Å². The molecule has 0 fully saturated rings. The standard InChI is InChI=1S/C16H19ClN2O3S/c1-22-16(21)13(6-8-23-2)18-15(20)10-19-7-5-11-9-12(17)3-4-14(11)19/h3-5,7,9,13H,6,8,10H2,1-2H3,(H,18,20). The van der Waals surface area contributed by atoms with Gasteiger partial charge in [-0.05, 0) is 42.7 Å². The van der Waals surface area contributed by atoms with Crippen molar-refractivity contribution in [3.8, 4) is 0 Å². The molecule has 0 aliphatic carbocycles. The molecule has 0 saturated carbocycles. The largest absolute Gasteiger partial charge is 0.467 e. The van der Waals surface area contributed by atoms with E-state index >= 15 is 0 Å². The van der Waals surface area contributed by atoms with Crippen molar-refractivity contribution in [1.82, 2.24) is 9.88 Å². The van der Waals surface area contributed by atoms with Crippen LogP contribution in [0.1, 0.15) is 6.42 Å². The second-order valence-electron chi connectivity index (χ2n) is 5.07. The summed E-state index contributed by atoms with van der Waals surface area (Å²) >= 11 is 7.58. The summed E-state index contributed by atoms with van der Waals surface area (Å²) in [5, 5.41) is 4.37. The third-order valence-corrected chi connectivity index (χ3v) is 4.36. The van der Waals surface area contributed by atoms with Crippen LogP contribution in [0.4, 0.5) is 0 Å². The molecule has 1 aromatic carbocycles. The lowest BCUT2D eigenvalue weighted by Crippen LogP contribution is -2.43. The summed E-state index contributed by atoms with van der Waals surface area (Å²) in [6.45, 7) is 0.137. The van der Waals surface area contributed by atoms with Crippen LogP contribution in [0.15, 0.2) is 30.5 Å². The third-order valence-electron chi connectivity index (χ3n) is 3.48. The molecule has 5 nitrogen and oxygen atoms in total. The van der Waals surface area contributed by atoms with E-state index in [2.05, 4.69) is 5.32 Å². The summed E-state index contributed by atoms with van der Waals surface area (Å²) in [7, 11) is 1.32. The SMILES string of the molecule is COC(=O)C(CCSC)NC(=O)Cn1ccc2cc(Cl)ccc21. The van der Waals surface area contributed by atoms with Crippen LogP contribution in [0.25, 0.3) is 10.9 Å². The summed E-state index contributed by atoms with van der Waals surface area (Å²) < 4.78 is 6.57. The summed E-state index contributed by atoms with van der Waals surface area (Å²) in [5.41, 5.74) is 0.920. The number of carbonyl (C=O) groups is 2. The summed E-state index contributed by atoms with van der Waals surface area (Å²) in [6.07, 6.45) is 4.32. The highest BCUT2D eigenvalue weighted by Gasteiger charge is 2.21. The Bertz CT molecular complexity index is 702. The number of carbonyl (C=O) groups excluding carboxylic acids is 2. The number of hydrogen-bond acceptors (Lipinski definition) is 4. The Labute approximate surface area is 144 Å².